The van der Waals surface area contributed by atoms with Crippen molar-refractivity contribution in [3.8, 4) is 0 Å². The number of nitrogens with one attached hydrogen (secondary N) is 1. The van der Waals surface area contributed by atoms with Gasteiger partial charge in [0.15, 0.2) is 5.69 Å². The molecule has 0 bridgehead atoms. The van der Waals surface area contributed by atoms with E-state index in [1.165, 1.54) is 0 Å². The van der Waals surface area contributed by atoms with Crippen LogP contribution in [0.15, 0.2) is 6.07 Å². The Morgan fingerprint density at radius 2 is 2.00 bits per heavy atom. The summed E-state index contributed by atoms with van der Waals surface area (Å²) in [5.74, 6) is 0. The Kier molecular flexibility index (Phi) is 3.28. The largest absolute Gasteiger partial charge is 0.435 e. The van der Waals surface area contributed by atoms with Gasteiger partial charge in [-0.1, -0.05) is 0 Å². The summed E-state index contributed by atoms with van der Waals surface area (Å²) < 4.78 is 60.1. The third kappa shape index (κ3) is 3.15. The Morgan fingerprint density at radius 3 is 2.40 bits per heavy atom. The third-order valence-electron chi connectivity index (χ3n) is 1.70. The van der Waals surface area contributed by atoms with Gasteiger partial charge in [-0.15, -0.1) is 0 Å². The van der Waals surface area contributed by atoms with E-state index in [4.69, 9.17) is 5.73 Å². The number of aromatic nitrogens is 2. The van der Waals surface area contributed by atoms with Crippen molar-refractivity contribution in [2.24, 2.45) is 5.73 Å². The van der Waals surface area contributed by atoms with Gasteiger partial charge in [0.25, 0.3) is 6.43 Å². The molecule has 0 aliphatic carbocycles. The molecule has 0 fully saturated rings. The number of halogens is 5. The minimum Gasteiger partial charge on any atom is -0.323 e. The van der Waals surface area contributed by atoms with Gasteiger partial charge < -0.3 is 5.73 Å². The molecule has 3 nitrogen and oxygen atoms in total. The summed E-state index contributed by atoms with van der Waals surface area (Å²) in [6, 6.07) is -0.825. The highest BCUT2D eigenvalue weighted by Gasteiger charge is 2.34. The van der Waals surface area contributed by atoms with Crippen LogP contribution in [0.25, 0.3) is 0 Å². The average molecular weight is 229 g/mol. The average Bonchev–Trinajstić information content (AvgIpc) is 2.51. The number of H-pyrrole nitrogens is 1. The first-order valence-electron chi connectivity index (χ1n) is 3.96. The highest BCUT2D eigenvalue weighted by molar-refractivity contribution is 5.12. The van der Waals surface area contributed by atoms with Crippen molar-refractivity contribution in [1.82, 2.24) is 10.2 Å². The van der Waals surface area contributed by atoms with Crippen molar-refractivity contribution < 1.29 is 22.0 Å². The van der Waals surface area contributed by atoms with E-state index < -0.39 is 24.3 Å². The lowest BCUT2D eigenvalue weighted by atomic mass is 10.1. The molecule has 15 heavy (non-hydrogen) atoms. The second-order valence-electron chi connectivity index (χ2n) is 2.98. The summed E-state index contributed by atoms with van der Waals surface area (Å²) in [5.41, 5.74) is 3.79. The first-order valence-corrected chi connectivity index (χ1v) is 3.96. The van der Waals surface area contributed by atoms with Crippen molar-refractivity contribution in [2.45, 2.75) is 25.1 Å². The van der Waals surface area contributed by atoms with E-state index >= 15 is 0 Å². The van der Waals surface area contributed by atoms with Crippen LogP contribution >= 0.6 is 0 Å². The molecule has 0 aromatic carbocycles. The zero-order valence-electron chi connectivity index (χ0n) is 7.35. The molecular weight excluding hydrogens is 221 g/mol. The van der Waals surface area contributed by atoms with E-state index in [1.54, 1.807) is 0 Å². The molecule has 8 heteroatoms. The summed E-state index contributed by atoms with van der Waals surface area (Å²) in [6.07, 6.45) is -7.73. The maximum absolute atomic E-state index is 12.0. The van der Waals surface area contributed by atoms with Crippen LogP contribution in [0, 0.1) is 0 Å². The monoisotopic (exact) mass is 229 g/mol. The zero-order chi connectivity index (χ0) is 11.6. The Labute approximate surface area is 81.5 Å². The van der Waals surface area contributed by atoms with Crippen LogP contribution in [0.5, 0.6) is 0 Å². The Morgan fingerprint density at radius 1 is 1.40 bits per heavy atom. The van der Waals surface area contributed by atoms with Crippen LogP contribution in [0.1, 0.15) is 11.4 Å². The van der Waals surface area contributed by atoms with E-state index in [0.29, 0.717) is 6.07 Å². The maximum Gasteiger partial charge on any atom is 0.435 e. The maximum atomic E-state index is 12.0. The summed E-state index contributed by atoms with van der Waals surface area (Å²) in [5, 5.41) is 4.96. The summed E-state index contributed by atoms with van der Waals surface area (Å²) in [4.78, 5) is 0. The first-order chi connectivity index (χ1) is 6.80. The molecule has 0 aliphatic heterocycles. The summed E-state index contributed by atoms with van der Waals surface area (Å²) in [7, 11) is 0. The smallest absolute Gasteiger partial charge is 0.323 e. The minimum absolute atomic E-state index is 0.0601. The van der Waals surface area contributed by atoms with Crippen LogP contribution in [-0.2, 0) is 12.6 Å². The van der Waals surface area contributed by atoms with Gasteiger partial charge in [0.1, 0.15) is 0 Å². The molecule has 0 amide bonds. The standard InChI is InChI=1S/C7H8F5N3/c8-6(9)4(13)1-3-2-5(15-14-3)7(10,11)12/h2,4,6H,1,13H2,(H,14,15). The normalized spacial score (nSPS) is 14.6. The van der Waals surface area contributed by atoms with Gasteiger partial charge in [0.05, 0.1) is 6.04 Å². The van der Waals surface area contributed by atoms with Gasteiger partial charge in [0.2, 0.25) is 0 Å². The summed E-state index contributed by atoms with van der Waals surface area (Å²) >= 11 is 0. The SMILES string of the molecule is NC(Cc1cc(C(F)(F)F)n[nH]1)C(F)F. The van der Waals surface area contributed by atoms with Gasteiger partial charge >= 0.3 is 6.18 Å². The van der Waals surface area contributed by atoms with E-state index in [0.717, 1.165) is 0 Å². The van der Waals surface area contributed by atoms with Crippen molar-refractivity contribution in [2.75, 3.05) is 0 Å². The van der Waals surface area contributed by atoms with E-state index in [2.05, 4.69) is 5.10 Å². The van der Waals surface area contributed by atoms with Crippen LogP contribution in [-0.4, -0.2) is 22.7 Å². The highest BCUT2D eigenvalue weighted by atomic mass is 19.4. The topological polar surface area (TPSA) is 54.7 Å². The highest BCUT2D eigenvalue weighted by Crippen LogP contribution is 2.27. The fraction of sp³-hybridized carbons (Fsp3) is 0.571. The van der Waals surface area contributed by atoms with Crippen LogP contribution in [0.2, 0.25) is 0 Å². The minimum atomic E-state index is -4.58. The molecule has 0 spiro atoms. The lowest BCUT2D eigenvalue weighted by Crippen LogP contribution is -2.31. The van der Waals surface area contributed by atoms with Crippen molar-refractivity contribution in [3.05, 3.63) is 17.5 Å². The molecule has 1 unspecified atom stereocenters. The van der Waals surface area contributed by atoms with Gasteiger partial charge in [-0.3, -0.25) is 5.10 Å². The summed E-state index contributed by atoms with van der Waals surface area (Å²) in [6.45, 7) is 0. The van der Waals surface area contributed by atoms with Crippen molar-refractivity contribution in [1.29, 1.82) is 0 Å². The number of rotatable bonds is 3. The molecule has 1 atom stereocenters. The van der Waals surface area contributed by atoms with Gasteiger partial charge in [-0.2, -0.15) is 18.3 Å². The number of hydrogen-bond acceptors (Lipinski definition) is 2. The molecule has 0 saturated carbocycles. The predicted octanol–water partition coefficient (Wildman–Crippen LogP) is 1.56. The molecular formula is C7H8F5N3. The van der Waals surface area contributed by atoms with E-state index in [-0.39, 0.29) is 12.1 Å². The second-order valence-corrected chi connectivity index (χ2v) is 2.98. The number of hydrogen-bond donors (Lipinski definition) is 2. The van der Waals surface area contributed by atoms with Crippen LogP contribution < -0.4 is 5.73 Å². The van der Waals surface area contributed by atoms with Gasteiger partial charge in [0, 0.05) is 12.1 Å². The lowest BCUT2D eigenvalue weighted by molar-refractivity contribution is -0.141. The fourth-order valence-electron chi connectivity index (χ4n) is 0.954. The number of nitrogens with zero attached hydrogens (tertiary/aromatic N) is 1. The second kappa shape index (κ2) is 4.13. The van der Waals surface area contributed by atoms with Crippen molar-refractivity contribution >= 4 is 0 Å². The molecule has 1 rings (SSSR count). The Hall–Kier alpha value is -1.18. The Bertz CT molecular complexity index is 319. The number of nitrogens with two attached hydrogens (primary N) is 1. The molecule has 1 aromatic heterocycles. The molecule has 3 N–H and O–H groups in total. The first kappa shape index (κ1) is 11.9. The quantitative estimate of drug-likeness (QED) is 0.773. The molecule has 0 saturated heterocycles. The van der Waals surface area contributed by atoms with Gasteiger partial charge in [-0.25, -0.2) is 8.78 Å². The number of alkyl halides is 5. The lowest BCUT2D eigenvalue weighted by Gasteiger charge is -2.07. The van der Waals surface area contributed by atoms with Gasteiger partial charge in [-0.05, 0) is 6.07 Å². The number of aromatic amines is 1. The van der Waals surface area contributed by atoms with E-state index in [9.17, 15) is 22.0 Å². The van der Waals surface area contributed by atoms with E-state index in [1.807, 2.05) is 5.10 Å². The molecule has 1 aromatic rings. The third-order valence-corrected chi connectivity index (χ3v) is 1.70. The van der Waals surface area contributed by atoms with Crippen LogP contribution in [0.4, 0.5) is 22.0 Å². The fourth-order valence-corrected chi connectivity index (χ4v) is 0.954. The van der Waals surface area contributed by atoms with Crippen LogP contribution in [0.3, 0.4) is 0 Å². The predicted molar refractivity (Wildman–Crippen MR) is 41.3 cm³/mol. The zero-order valence-corrected chi connectivity index (χ0v) is 7.35. The molecule has 1 heterocycles. The Balaban J connectivity index is 2.69. The van der Waals surface area contributed by atoms with Crippen molar-refractivity contribution in [3.63, 3.8) is 0 Å². The molecule has 86 valence electrons. The molecule has 0 aliphatic rings. The molecule has 0 radical (unpaired) electrons.